The van der Waals surface area contributed by atoms with Crippen molar-refractivity contribution in [2.75, 3.05) is 0 Å². The van der Waals surface area contributed by atoms with E-state index >= 15 is 0 Å². The van der Waals surface area contributed by atoms with Gasteiger partial charge in [-0.25, -0.2) is 4.79 Å². The first-order valence-corrected chi connectivity index (χ1v) is 8.30. The van der Waals surface area contributed by atoms with E-state index in [1.165, 1.54) is 4.80 Å². The van der Waals surface area contributed by atoms with Crippen molar-refractivity contribution in [2.24, 2.45) is 0 Å². The number of carbonyl (C=O) groups is 1. The smallest absolute Gasteiger partial charge is 0.349 e. The van der Waals surface area contributed by atoms with Crippen LogP contribution >= 0.6 is 0 Å². The summed E-state index contributed by atoms with van der Waals surface area (Å²) in [7, 11) is 0. The van der Waals surface area contributed by atoms with Crippen LogP contribution < -0.4 is 0 Å². The monoisotopic (exact) mass is 357 g/mol. The quantitative estimate of drug-likeness (QED) is 0.769. The number of fused-ring (bicyclic) bond motifs is 1. The van der Waals surface area contributed by atoms with E-state index in [1.807, 2.05) is 51.1 Å². The normalized spacial score (nSPS) is 11.7. The van der Waals surface area contributed by atoms with E-state index in [0.717, 1.165) is 5.56 Å². The molecule has 0 spiro atoms. The topological polar surface area (TPSA) is 77.2 Å². The second-order valence-electron chi connectivity index (χ2n) is 7.19. The van der Waals surface area contributed by atoms with Crippen molar-refractivity contribution >= 4 is 17.0 Å². The van der Waals surface area contributed by atoms with E-state index in [0.29, 0.717) is 22.3 Å². The van der Waals surface area contributed by atoms with Crippen LogP contribution in [0.25, 0.3) is 16.7 Å². The van der Waals surface area contributed by atoms with Crippen molar-refractivity contribution in [3.8, 4) is 11.4 Å². The van der Waals surface area contributed by atoms with E-state index < -0.39 is 5.97 Å². The number of benzene rings is 2. The van der Waals surface area contributed by atoms with Gasteiger partial charge < -0.3 is 5.11 Å². The predicted molar refractivity (Wildman–Crippen MR) is 94.8 cm³/mol. The highest BCUT2D eigenvalue weighted by atomic mass is 19.3. The minimum atomic E-state index is -0.931. The van der Waals surface area contributed by atoms with E-state index in [1.54, 1.807) is 6.07 Å². The second-order valence-corrected chi connectivity index (χ2v) is 7.19. The van der Waals surface area contributed by atoms with E-state index in [-0.39, 0.29) is 24.0 Å². The molecule has 0 amide bonds. The maximum atomic E-state index is 12.0. The molecule has 0 saturated carbocycles. The fraction of sp³-hybridized carbons (Fsp3) is 0.316. The number of phenols is 1. The first-order chi connectivity index (χ1) is 12.3. The third-order valence-corrected chi connectivity index (χ3v) is 4.16. The molecule has 0 aliphatic rings. The Kier molecular flexibility index (Phi) is 4.63. The SMILES string of the molecule is CC(C)(C)c1cc(CCC(=O)OF)cc(-n2nc3ccccc3n2)c1O. The highest BCUT2D eigenvalue weighted by Gasteiger charge is 2.23. The summed E-state index contributed by atoms with van der Waals surface area (Å²) in [6.45, 7) is 5.91. The molecular weight excluding hydrogens is 337 g/mol. The first-order valence-electron chi connectivity index (χ1n) is 8.30. The first kappa shape index (κ1) is 17.8. The Labute approximate surface area is 150 Å². The third-order valence-electron chi connectivity index (χ3n) is 4.16. The number of rotatable bonds is 4. The fourth-order valence-electron chi connectivity index (χ4n) is 2.80. The van der Waals surface area contributed by atoms with E-state index in [9.17, 15) is 14.4 Å². The van der Waals surface area contributed by atoms with Crippen LogP contribution in [-0.2, 0) is 21.6 Å². The molecule has 136 valence electrons. The van der Waals surface area contributed by atoms with Gasteiger partial charge in [0.25, 0.3) is 0 Å². The molecule has 1 heterocycles. The largest absolute Gasteiger partial charge is 0.505 e. The van der Waals surface area contributed by atoms with Crippen molar-refractivity contribution in [2.45, 2.75) is 39.0 Å². The zero-order chi connectivity index (χ0) is 18.9. The van der Waals surface area contributed by atoms with Crippen molar-refractivity contribution in [3.05, 3.63) is 47.5 Å². The molecule has 26 heavy (non-hydrogen) atoms. The number of halogens is 1. The van der Waals surface area contributed by atoms with Gasteiger partial charge in [-0.2, -0.15) is 0 Å². The Morgan fingerprint density at radius 3 is 2.35 bits per heavy atom. The van der Waals surface area contributed by atoms with Gasteiger partial charge in [0.05, 0.1) is 6.42 Å². The minimum absolute atomic E-state index is 0.0784. The van der Waals surface area contributed by atoms with Crippen LogP contribution in [0.1, 0.15) is 38.3 Å². The van der Waals surface area contributed by atoms with Crippen molar-refractivity contribution in [1.29, 1.82) is 0 Å². The molecule has 0 saturated heterocycles. The maximum absolute atomic E-state index is 12.0. The lowest BCUT2D eigenvalue weighted by Crippen LogP contribution is -2.14. The van der Waals surface area contributed by atoms with Gasteiger partial charge in [0, 0.05) is 10.1 Å². The van der Waals surface area contributed by atoms with E-state index in [2.05, 4.69) is 15.1 Å². The van der Waals surface area contributed by atoms with Gasteiger partial charge in [-0.05, 0) is 35.6 Å². The summed E-state index contributed by atoms with van der Waals surface area (Å²) in [5.41, 5.74) is 2.93. The molecule has 0 radical (unpaired) electrons. The number of aromatic hydroxyl groups is 1. The van der Waals surface area contributed by atoms with Gasteiger partial charge in [-0.3, -0.25) is 4.94 Å². The Morgan fingerprint density at radius 1 is 1.19 bits per heavy atom. The summed E-state index contributed by atoms with van der Waals surface area (Å²) < 4.78 is 12.0. The number of aryl methyl sites for hydroxylation is 1. The molecule has 1 N–H and O–H groups in total. The van der Waals surface area contributed by atoms with Gasteiger partial charge in [0.1, 0.15) is 22.5 Å². The van der Waals surface area contributed by atoms with Crippen LogP contribution in [0.5, 0.6) is 5.75 Å². The fourth-order valence-corrected chi connectivity index (χ4v) is 2.80. The van der Waals surface area contributed by atoms with Gasteiger partial charge in [0.2, 0.25) is 0 Å². The molecule has 0 fully saturated rings. The summed E-state index contributed by atoms with van der Waals surface area (Å²) in [5, 5.41) is 19.6. The van der Waals surface area contributed by atoms with Crippen LogP contribution in [0.15, 0.2) is 36.4 Å². The molecule has 0 unspecified atom stereocenters. The highest BCUT2D eigenvalue weighted by molar-refractivity contribution is 5.74. The van der Waals surface area contributed by atoms with Gasteiger partial charge in [-0.1, -0.05) is 39.0 Å². The average molecular weight is 357 g/mol. The molecule has 0 atom stereocenters. The molecule has 2 aromatic carbocycles. The molecule has 0 bridgehead atoms. The standard InChI is InChI=1S/C19H20FN3O3/c1-19(2,3)13-10-12(8-9-17(24)26-20)11-16(18(13)25)23-21-14-6-4-5-7-15(14)22-23/h4-7,10-11,25H,8-9H2,1-3H3. The maximum Gasteiger partial charge on any atom is 0.349 e. The Morgan fingerprint density at radius 2 is 1.81 bits per heavy atom. The number of nitrogens with zero attached hydrogens (tertiary/aromatic N) is 3. The molecular formula is C19H20FN3O3. The van der Waals surface area contributed by atoms with Crippen LogP contribution in [0, 0.1) is 0 Å². The zero-order valence-electron chi connectivity index (χ0n) is 14.9. The second kappa shape index (κ2) is 6.74. The van der Waals surface area contributed by atoms with E-state index in [4.69, 9.17) is 0 Å². The minimum Gasteiger partial charge on any atom is -0.505 e. The van der Waals surface area contributed by atoms with Crippen LogP contribution in [0.3, 0.4) is 0 Å². The summed E-state index contributed by atoms with van der Waals surface area (Å²) >= 11 is 0. The molecule has 0 aliphatic heterocycles. The highest BCUT2D eigenvalue weighted by Crippen LogP contribution is 2.36. The summed E-state index contributed by atoms with van der Waals surface area (Å²) in [6, 6.07) is 10.9. The number of hydrogen-bond donors (Lipinski definition) is 1. The molecule has 3 aromatic rings. The number of aromatic nitrogens is 3. The van der Waals surface area contributed by atoms with Gasteiger partial charge in [-0.15, -0.1) is 15.0 Å². The van der Waals surface area contributed by atoms with Crippen LogP contribution in [0.2, 0.25) is 0 Å². The number of carbonyl (C=O) groups excluding carboxylic acids is 1. The molecule has 0 aliphatic carbocycles. The summed E-state index contributed by atoms with van der Waals surface area (Å²) in [6.07, 6.45) is 0.179. The molecule has 6 nitrogen and oxygen atoms in total. The lowest BCUT2D eigenvalue weighted by Gasteiger charge is -2.23. The average Bonchev–Trinajstić information content (AvgIpc) is 3.03. The molecule has 7 heteroatoms. The number of phenolic OH excluding ortho intramolecular Hbond substituents is 1. The summed E-state index contributed by atoms with van der Waals surface area (Å²) in [4.78, 5) is 15.7. The van der Waals surface area contributed by atoms with Gasteiger partial charge >= 0.3 is 5.97 Å². The summed E-state index contributed by atoms with van der Waals surface area (Å²) in [5.74, 6) is -0.852. The lowest BCUT2D eigenvalue weighted by molar-refractivity contribution is -0.183. The lowest BCUT2D eigenvalue weighted by atomic mass is 9.84. The third kappa shape index (κ3) is 3.51. The Balaban J connectivity index is 2.11. The van der Waals surface area contributed by atoms with Crippen molar-refractivity contribution < 1.29 is 19.4 Å². The Bertz CT molecular complexity index is 927. The number of hydrogen-bond acceptors (Lipinski definition) is 5. The zero-order valence-corrected chi connectivity index (χ0v) is 14.9. The predicted octanol–water partition coefficient (Wildman–Crippen LogP) is 3.78. The van der Waals surface area contributed by atoms with Crippen LogP contribution in [-0.4, -0.2) is 26.1 Å². The van der Waals surface area contributed by atoms with Crippen molar-refractivity contribution in [1.82, 2.24) is 15.0 Å². The molecule has 3 rings (SSSR count). The van der Waals surface area contributed by atoms with Crippen LogP contribution in [0.4, 0.5) is 4.53 Å². The molecule has 1 aromatic heterocycles. The van der Waals surface area contributed by atoms with Crippen molar-refractivity contribution in [3.63, 3.8) is 0 Å². The Hall–Kier alpha value is -2.96. The van der Waals surface area contributed by atoms with Gasteiger partial charge in [0.15, 0.2) is 0 Å².